The lowest BCUT2D eigenvalue weighted by Crippen LogP contribution is -2.39. The lowest BCUT2D eigenvalue weighted by molar-refractivity contribution is -0.116. The molecule has 22 heavy (non-hydrogen) atoms. The van der Waals surface area contributed by atoms with Gasteiger partial charge in [-0.1, -0.05) is 19.1 Å². The molecule has 2 nitrogen and oxygen atoms in total. The van der Waals surface area contributed by atoms with Gasteiger partial charge in [-0.15, -0.1) is 0 Å². The Morgan fingerprint density at radius 2 is 1.68 bits per heavy atom. The van der Waals surface area contributed by atoms with E-state index in [-0.39, 0.29) is 6.29 Å². The lowest BCUT2D eigenvalue weighted by Gasteiger charge is -2.47. The molecule has 0 aliphatic heterocycles. The van der Waals surface area contributed by atoms with Crippen LogP contribution in [0.15, 0.2) is 24.3 Å². The second-order valence-electron chi connectivity index (χ2n) is 7.19. The molecule has 3 fully saturated rings. The van der Waals surface area contributed by atoms with Crippen LogP contribution in [-0.2, 0) is 11.2 Å². The molecule has 0 aromatic heterocycles. The van der Waals surface area contributed by atoms with Crippen molar-refractivity contribution in [3.63, 3.8) is 0 Å². The number of hydrogen-bond donors (Lipinski definition) is 0. The molecule has 1 aromatic rings. The fraction of sp³-hybridized carbons (Fsp3) is 0.700. The van der Waals surface area contributed by atoms with Crippen LogP contribution < -0.4 is 4.74 Å². The highest BCUT2D eigenvalue weighted by atomic mass is 16.7. The van der Waals surface area contributed by atoms with Crippen molar-refractivity contribution in [2.75, 3.05) is 6.61 Å². The number of aryl methyl sites for hydroxylation is 1. The molecule has 0 amide bonds. The van der Waals surface area contributed by atoms with Gasteiger partial charge < -0.3 is 9.47 Å². The summed E-state index contributed by atoms with van der Waals surface area (Å²) in [6.07, 6.45) is 10.4. The largest absolute Gasteiger partial charge is 0.465 e. The van der Waals surface area contributed by atoms with E-state index in [0.29, 0.717) is 5.41 Å². The summed E-state index contributed by atoms with van der Waals surface area (Å²) in [5.74, 6) is 1.95. The van der Waals surface area contributed by atoms with Crippen molar-refractivity contribution in [2.45, 2.75) is 71.5 Å². The summed E-state index contributed by atoms with van der Waals surface area (Å²) < 4.78 is 12.1. The summed E-state index contributed by atoms with van der Waals surface area (Å²) in [7, 11) is 0. The summed E-state index contributed by atoms with van der Waals surface area (Å²) in [6.45, 7) is 4.96. The molecule has 0 radical (unpaired) electrons. The Labute approximate surface area is 135 Å². The van der Waals surface area contributed by atoms with E-state index in [1.807, 2.05) is 0 Å². The van der Waals surface area contributed by atoms with Crippen LogP contribution in [0.4, 0.5) is 0 Å². The zero-order chi connectivity index (χ0) is 15.4. The first-order valence-electron chi connectivity index (χ1n) is 9.10. The number of hydrogen-bond acceptors (Lipinski definition) is 2. The average Bonchev–Trinajstić information content (AvgIpc) is 2.57. The Morgan fingerprint density at radius 3 is 2.23 bits per heavy atom. The molecule has 2 heteroatoms. The second-order valence-corrected chi connectivity index (χ2v) is 7.19. The van der Waals surface area contributed by atoms with Crippen LogP contribution in [0.3, 0.4) is 0 Å². The van der Waals surface area contributed by atoms with Gasteiger partial charge >= 0.3 is 0 Å². The molecule has 1 aromatic carbocycles. The maximum absolute atomic E-state index is 6.18. The Kier molecular flexibility index (Phi) is 5.07. The van der Waals surface area contributed by atoms with Gasteiger partial charge in [0.15, 0.2) is 6.29 Å². The van der Waals surface area contributed by atoms with Gasteiger partial charge in [-0.3, -0.25) is 0 Å². The normalized spacial score (nSPS) is 28.5. The fourth-order valence-corrected chi connectivity index (χ4v) is 4.27. The van der Waals surface area contributed by atoms with Crippen molar-refractivity contribution < 1.29 is 9.47 Å². The number of benzene rings is 1. The Bertz CT molecular complexity index is 443. The Balaban J connectivity index is 1.64. The molecule has 122 valence electrons. The molecular formula is C20H30O2. The molecule has 3 saturated carbocycles. The topological polar surface area (TPSA) is 18.5 Å². The number of fused-ring (bicyclic) bond motifs is 3. The van der Waals surface area contributed by atoms with Crippen LogP contribution in [-0.4, -0.2) is 12.9 Å². The van der Waals surface area contributed by atoms with Crippen LogP contribution in [0.25, 0.3) is 0 Å². The van der Waals surface area contributed by atoms with E-state index in [2.05, 4.69) is 38.1 Å². The minimum Gasteiger partial charge on any atom is -0.465 e. The molecule has 3 aliphatic carbocycles. The van der Waals surface area contributed by atoms with Gasteiger partial charge in [0.2, 0.25) is 0 Å². The third-order valence-corrected chi connectivity index (χ3v) is 5.80. The van der Waals surface area contributed by atoms with Gasteiger partial charge in [0.25, 0.3) is 0 Å². The first-order valence-corrected chi connectivity index (χ1v) is 9.10. The van der Waals surface area contributed by atoms with Crippen LogP contribution in [0.5, 0.6) is 5.75 Å². The molecule has 1 atom stereocenters. The summed E-state index contributed by atoms with van der Waals surface area (Å²) in [4.78, 5) is 0. The van der Waals surface area contributed by atoms with E-state index in [4.69, 9.17) is 9.47 Å². The average molecular weight is 302 g/mol. The first-order chi connectivity index (χ1) is 10.7. The molecule has 4 rings (SSSR count). The summed E-state index contributed by atoms with van der Waals surface area (Å²) in [5.41, 5.74) is 1.84. The van der Waals surface area contributed by atoms with Crippen LogP contribution in [0, 0.1) is 11.3 Å². The summed E-state index contributed by atoms with van der Waals surface area (Å²) in [5, 5.41) is 0. The minimum absolute atomic E-state index is 0.0906. The molecule has 2 bridgehead atoms. The first kappa shape index (κ1) is 15.9. The monoisotopic (exact) mass is 302 g/mol. The minimum atomic E-state index is -0.0906. The maximum atomic E-state index is 6.18. The van der Waals surface area contributed by atoms with Gasteiger partial charge in [-0.2, -0.15) is 0 Å². The smallest absolute Gasteiger partial charge is 0.200 e. The van der Waals surface area contributed by atoms with E-state index in [1.165, 1.54) is 44.1 Å². The van der Waals surface area contributed by atoms with E-state index in [1.54, 1.807) is 0 Å². The highest BCUT2D eigenvalue weighted by Crippen LogP contribution is 2.52. The maximum Gasteiger partial charge on any atom is 0.200 e. The van der Waals surface area contributed by atoms with Crippen molar-refractivity contribution in [3.05, 3.63) is 29.8 Å². The van der Waals surface area contributed by atoms with Crippen molar-refractivity contribution >= 4 is 0 Å². The zero-order valence-electron chi connectivity index (χ0n) is 14.1. The molecule has 0 N–H and O–H groups in total. The van der Waals surface area contributed by atoms with E-state index < -0.39 is 0 Å². The van der Waals surface area contributed by atoms with Crippen molar-refractivity contribution in [1.29, 1.82) is 0 Å². The molecule has 0 saturated heterocycles. The predicted octanol–water partition coefficient (Wildman–Crippen LogP) is 5.35. The van der Waals surface area contributed by atoms with Crippen molar-refractivity contribution in [1.82, 2.24) is 0 Å². The lowest BCUT2D eigenvalue weighted by atomic mass is 9.59. The molecule has 1 unspecified atom stereocenters. The van der Waals surface area contributed by atoms with Crippen LogP contribution in [0.1, 0.15) is 64.4 Å². The highest BCUT2D eigenvalue weighted by Gasteiger charge is 2.42. The molecule has 0 spiro atoms. The van der Waals surface area contributed by atoms with Gasteiger partial charge in [0, 0.05) is 13.0 Å². The molecular weight excluding hydrogens is 272 g/mol. The molecule has 0 heterocycles. The number of ether oxygens (including phenoxy) is 2. The third kappa shape index (κ3) is 3.65. The van der Waals surface area contributed by atoms with Gasteiger partial charge in [-0.25, -0.2) is 0 Å². The Morgan fingerprint density at radius 1 is 1.05 bits per heavy atom. The highest BCUT2D eigenvalue weighted by molar-refractivity contribution is 5.27. The SMILES string of the molecule is CCOC(CC12CCC(CC1)CC2)Oc1ccc(CC)cc1. The fourth-order valence-electron chi connectivity index (χ4n) is 4.27. The molecule has 3 aliphatic rings. The van der Waals surface area contributed by atoms with Crippen molar-refractivity contribution in [2.24, 2.45) is 11.3 Å². The Hall–Kier alpha value is -1.02. The predicted molar refractivity (Wildman–Crippen MR) is 90.1 cm³/mol. The quantitative estimate of drug-likeness (QED) is 0.632. The van der Waals surface area contributed by atoms with E-state index in [9.17, 15) is 0 Å². The zero-order valence-corrected chi connectivity index (χ0v) is 14.1. The summed E-state index contributed by atoms with van der Waals surface area (Å²) in [6, 6.07) is 8.48. The standard InChI is InChI=1S/C20H30O2/c1-3-16-5-7-18(8-6-16)22-19(21-4-2)15-20-12-9-17(10-13-20)11-14-20/h5-8,17,19H,3-4,9-15H2,1-2H3. The van der Waals surface area contributed by atoms with Gasteiger partial charge in [0.1, 0.15) is 5.75 Å². The van der Waals surface area contributed by atoms with Crippen LogP contribution >= 0.6 is 0 Å². The van der Waals surface area contributed by atoms with Crippen molar-refractivity contribution in [3.8, 4) is 5.75 Å². The van der Waals surface area contributed by atoms with Gasteiger partial charge in [-0.05, 0) is 80.9 Å². The van der Waals surface area contributed by atoms with Gasteiger partial charge in [0.05, 0.1) is 0 Å². The summed E-state index contributed by atoms with van der Waals surface area (Å²) >= 11 is 0. The van der Waals surface area contributed by atoms with E-state index in [0.717, 1.165) is 31.1 Å². The number of rotatable bonds is 7. The second kappa shape index (κ2) is 7.04. The van der Waals surface area contributed by atoms with E-state index >= 15 is 0 Å². The van der Waals surface area contributed by atoms with Crippen LogP contribution in [0.2, 0.25) is 0 Å². The third-order valence-electron chi connectivity index (χ3n) is 5.80.